The SMILES string of the molecule is COc1cc(N2CCNCC2)cc(Br)c1O. The van der Waals surface area contributed by atoms with E-state index in [4.69, 9.17) is 4.74 Å². The maximum Gasteiger partial charge on any atom is 0.172 e. The third kappa shape index (κ3) is 2.25. The monoisotopic (exact) mass is 286 g/mol. The second-order valence-electron chi connectivity index (χ2n) is 3.72. The number of methoxy groups -OCH3 is 1. The van der Waals surface area contributed by atoms with Gasteiger partial charge in [0, 0.05) is 37.9 Å². The van der Waals surface area contributed by atoms with Gasteiger partial charge in [0.15, 0.2) is 11.5 Å². The number of nitrogens with one attached hydrogen (secondary N) is 1. The number of rotatable bonds is 2. The minimum Gasteiger partial charge on any atom is -0.503 e. The molecule has 1 aliphatic rings. The summed E-state index contributed by atoms with van der Waals surface area (Å²) < 4.78 is 5.80. The minimum atomic E-state index is 0.154. The van der Waals surface area contributed by atoms with Gasteiger partial charge in [-0.2, -0.15) is 0 Å². The van der Waals surface area contributed by atoms with Gasteiger partial charge in [0.1, 0.15) is 0 Å². The highest BCUT2D eigenvalue weighted by molar-refractivity contribution is 9.10. The van der Waals surface area contributed by atoms with Crippen molar-refractivity contribution in [2.45, 2.75) is 0 Å². The zero-order chi connectivity index (χ0) is 11.5. The molecule has 2 rings (SSSR count). The molecule has 16 heavy (non-hydrogen) atoms. The van der Waals surface area contributed by atoms with E-state index in [2.05, 4.69) is 26.1 Å². The average molecular weight is 287 g/mol. The molecular weight excluding hydrogens is 272 g/mol. The number of piperazine rings is 1. The first-order chi connectivity index (χ1) is 7.72. The minimum absolute atomic E-state index is 0.154. The summed E-state index contributed by atoms with van der Waals surface area (Å²) in [5.74, 6) is 0.657. The van der Waals surface area contributed by atoms with Crippen molar-refractivity contribution in [2.75, 3.05) is 38.2 Å². The highest BCUT2D eigenvalue weighted by atomic mass is 79.9. The Morgan fingerprint density at radius 1 is 1.38 bits per heavy atom. The normalized spacial score (nSPS) is 16.2. The van der Waals surface area contributed by atoms with Gasteiger partial charge in [-0.25, -0.2) is 0 Å². The van der Waals surface area contributed by atoms with E-state index >= 15 is 0 Å². The molecule has 0 aromatic heterocycles. The Morgan fingerprint density at radius 2 is 2.06 bits per heavy atom. The molecule has 2 N–H and O–H groups in total. The topological polar surface area (TPSA) is 44.7 Å². The smallest absolute Gasteiger partial charge is 0.172 e. The number of hydrogen-bond donors (Lipinski definition) is 2. The lowest BCUT2D eigenvalue weighted by atomic mass is 10.2. The molecule has 4 nitrogen and oxygen atoms in total. The van der Waals surface area contributed by atoms with Crippen molar-refractivity contribution in [1.29, 1.82) is 0 Å². The zero-order valence-electron chi connectivity index (χ0n) is 9.16. The predicted molar refractivity (Wildman–Crippen MR) is 67.4 cm³/mol. The first-order valence-corrected chi connectivity index (χ1v) is 6.04. The fraction of sp³-hybridized carbons (Fsp3) is 0.455. The molecular formula is C11H15BrN2O2. The maximum absolute atomic E-state index is 9.72. The van der Waals surface area contributed by atoms with Gasteiger partial charge >= 0.3 is 0 Å². The van der Waals surface area contributed by atoms with Crippen LogP contribution in [0, 0.1) is 0 Å². The number of phenolic OH excluding ortho intramolecular Hbond substituents is 1. The molecule has 1 aromatic carbocycles. The Balaban J connectivity index is 2.29. The van der Waals surface area contributed by atoms with E-state index in [1.807, 2.05) is 12.1 Å². The van der Waals surface area contributed by atoms with E-state index in [0.717, 1.165) is 31.9 Å². The molecule has 0 amide bonds. The second-order valence-corrected chi connectivity index (χ2v) is 4.57. The molecule has 1 aromatic rings. The van der Waals surface area contributed by atoms with E-state index < -0.39 is 0 Å². The number of nitrogens with zero attached hydrogens (tertiary/aromatic N) is 1. The Morgan fingerprint density at radius 3 is 2.69 bits per heavy atom. The summed E-state index contributed by atoms with van der Waals surface area (Å²) in [5.41, 5.74) is 1.07. The predicted octanol–water partition coefficient (Wildman–Crippen LogP) is 1.57. The molecule has 0 saturated carbocycles. The van der Waals surface area contributed by atoms with Gasteiger partial charge in [-0.3, -0.25) is 0 Å². The van der Waals surface area contributed by atoms with Crippen molar-refractivity contribution < 1.29 is 9.84 Å². The number of ether oxygens (including phenoxy) is 1. The standard InChI is InChI=1S/C11H15BrN2O2/c1-16-10-7-8(6-9(12)11(10)15)14-4-2-13-3-5-14/h6-7,13,15H,2-5H2,1H3. The Hall–Kier alpha value is -0.940. The number of halogens is 1. The van der Waals surface area contributed by atoms with Crippen LogP contribution in [-0.2, 0) is 0 Å². The summed E-state index contributed by atoms with van der Waals surface area (Å²) in [4.78, 5) is 2.27. The Labute approximate surface area is 103 Å². The Bertz CT molecular complexity index is 378. The van der Waals surface area contributed by atoms with E-state index in [1.54, 1.807) is 7.11 Å². The summed E-state index contributed by atoms with van der Waals surface area (Å²) in [7, 11) is 1.56. The summed E-state index contributed by atoms with van der Waals surface area (Å²) >= 11 is 3.33. The molecule has 88 valence electrons. The van der Waals surface area contributed by atoms with Crippen molar-refractivity contribution in [3.05, 3.63) is 16.6 Å². The fourth-order valence-corrected chi connectivity index (χ4v) is 2.25. The lowest BCUT2D eigenvalue weighted by Gasteiger charge is -2.30. The lowest BCUT2D eigenvalue weighted by molar-refractivity contribution is 0.372. The number of hydrogen-bond acceptors (Lipinski definition) is 4. The van der Waals surface area contributed by atoms with Crippen LogP contribution in [0.25, 0.3) is 0 Å². The quantitative estimate of drug-likeness (QED) is 0.866. The lowest BCUT2D eigenvalue weighted by Crippen LogP contribution is -2.43. The van der Waals surface area contributed by atoms with Crippen LogP contribution >= 0.6 is 15.9 Å². The van der Waals surface area contributed by atoms with Crippen molar-refractivity contribution in [2.24, 2.45) is 0 Å². The molecule has 0 unspecified atom stereocenters. The summed E-state index contributed by atoms with van der Waals surface area (Å²) in [5, 5.41) is 13.0. The van der Waals surface area contributed by atoms with Crippen LogP contribution < -0.4 is 15.0 Å². The number of benzene rings is 1. The van der Waals surface area contributed by atoms with E-state index in [0.29, 0.717) is 10.2 Å². The molecule has 1 saturated heterocycles. The molecule has 1 aliphatic heterocycles. The number of phenols is 1. The molecule has 1 heterocycles. The molecule has 0 atom stereocenters. The number of aromatic hydroxyl groups is 1. The summed E-state index contributed by atoms with van der Waals surface area (Å²) in [6, 6.07) is 3.79. The first-order valence-electron chi connectivity index (χ1n) is 5.24. The van der Waals surface area contributed by atoms with Gasteiger partial charge in [-0.05, 0) is 22.0 Å². The van der Waals surface area contributed by atoms with Gasteiger partial charge in [0.2, 0.25) is 0 Å². The molecule has 0 aliphatic carbocycles. The zero-order valence-corrected chi connectivity index (χ0v) is 10.7. The van der Waals surface area contributed by atoms with Crippen molar-refractivity contribution in [1.82, 2.24) is 5.32 Å². The van der Waals surface area contributed by atoms with Crippen LogP contribution in [0.3, 0.4) is 0 Å². The van der Waals surface area contributed by atoms with E-state index in [1.165, 1.54) is 0 Å². The molecule has 0 radical (unpaired) electrons. The van der Waals surface area contributed by atoms with Crippen LogP contribution in [0.5, 0.6) is 11.5 Å². The average Bonchev–Trinajstić information content (AvgIpc) is 2.33. The third-order valence-electron chi connectivity index (χ3n) is 2.72. The third-order valence-corrected chi connectivity index (χ3v) is 3.32. The van der Waals surface area contributed by atoms with Crippen molar-refractivity contribution in [3.63, 3.8) is 0 Å². The Kier molecular flexibility index (Phi) is 3.56. The highest BCUT2D eigenvalue weighted by Gasteiger charge is 2.15. The van der Waals surface area contributed by atoms with Crippen molar-refractivity contribution in [3.8, 4) is 11.5 Å². The van der Waals surface area contributed by atoms with E-state index in [-0.39, 0.29) is 5.75 Å². The van der Waals surface area contributed by atoms with Gasteiger partial charge < -0.3 is 20.1 Å². The maximum atomic E-state index is 9.72. The van der Waals surface area contributed by atoms with Crippen LogP contribution in [0.2, 0.25) is 0 Å². The van der Waals surface area contributed by atoms with E-state index in [9.17, 15) is 5.11 Å². The van der Waals surface area contributed by atoms with Crippen LogP contribution in [0.15, 0.2) is 16.6 Å². The molecule has 5 heteroatoms. The fourth-order valence-electron chi connectivity index (χ4n) is 1.82. The van der Waals surface area contributed by atoms with Crippen LogP contribution in [0.1, 0.15) is 0 Å². The van der Waals surface area contributed by atoms with Gasteiger partial charge in [0.25, 0.3) is 0 Å². The first kappa shape index (κ1) is 11.5. The van der Waals surface area contributed by atoms with Gasteiger partial charge in [-0.1, -0.05) is 0 Å². The van der Waals surface area contributed by atoms with Gasteiger partial charge in [0.05, 0.1) is 11.6 Å². The molecule has 0 spiro atoms. The molecule has 0 bridgehead atoms. The van der Waals surface area contributed by atoms with Crippen LogP contribution in [-0.4, -0.2) is 38.4 Å². The van der Waals surface area contributed by atoms with Gasteiger partial charge in [-0.15, -0.1) is 0 Å². The van der Waals surface area contributed by atoms with Crippen molar-refractivity contribution >= 4 is 21.6 Å². The van der Waals surface area contributed by atoms with Crippen LogP contribution in [0.4, 0.5) is 5.69 Å². The largest absolute Gasteiger partial charge is 0.503 e. The molecule has 1 fully saturated rings. The highest BCUT2D eigenvalue weighted by Crippen LogP contribution is 2.38. The summed E-state index contributed by atoms with van der Waals surface area (Å²) in [6.07, 6.45) is 0. The number of anilines is 1. The summed E-state index contributed by atoms with van der Waals surface area (Å²) in [6.45, 7) is 3.92. The second kappa shape index (κ2) is 4.93.